The van der Waals surface area contributed by atoms with E-state index in [2.05, 4.69) is 0 Å². The molecule has 2 aromatic carbocycles. The van der Waals surface area contributed by atoms with Gasteiger partial charge in [0.05, 0.1) is 0 Å². The summed E-state index contributed by atoms with van der Waals surface area (Å²) >= 11 is 5.76. The Bertz CT molecular complexity index is 606. The molecule has 2 aromatic rings. The van der Waals surface area contributed by atoms with Crippen molar-refractivity contribution < 1.29 is 14.3 Å². The number of halogens is 1. The number of carbonyl (C=O) groups excluding carboxylic acids is 1. The molecule has 0 aliphatic rings. The third kappa shape index (κ3) is 4.00. The highest BCUT2D eigenvalue weighted by atomic mass is 35.5. The monoisotopic (exact) mass is 290 g/mol. The molecule has 3 nitrogen and oxygen atoms in total. The third-order valence-corrected chi connectivity index (χ3v) is 3.13. The minimum atomic E-state index is -0.441. The fourth-order valence-electron chi connectivity index (χ4n) is 1.61. The van der Waals surface area contributed by atoms with E-state index in [0.717, 1.165) is 11.1 Å². The van der Waals surface area contributed by atoms with Crippen LogP contribution in [-0.2, 0) is 4.79 Å². The fraction of sp³-hybridized carbons (Fsp3) is 0.188. The molecule has 0 saturated heterocycles. The van der Waals surface area contributed by atoms with Gasteiger partial charge in [-0.3, -0.25) is 0 Å². The van der Waals surface area contributed by atoms with Gasteiger partial charge in [-0.05, 0) is 61.4 Å². The standard InChI is InChI=1S/C16H15ClO3/c1-11-3-6-15(9-12(11)2)20-16(18)10-19-14-7-4-13(17)5-8-14/h3-9H,10H2,1-2H3. The normalized spacial score (nSPS) is 10.2. The summed E-state index contributed by atoms with van der Waals surface area (Å²) in [4.78, 5) is 11.7. The Morgan fingerprint density at radius 1 is 1.00 bits per heavy atom. The van der Waals surface area contributed by atoms with Crippen LogP contribution in [0.5, 0.6) is 11.5 Å². The van der Waals surface area contributed by atoms with Crippen molar-refractivity contribution in [2.45, 2.75) is 13.8 Å². The molecule has 0 amide bonds. The summed E-state index contributed by atoms with van der Waals surface area (Å²) in [6.45, 7) is 3.83. The quantitative estimate of drug-likeness (QED) is 0.632. The van der Waals surface area contributed by atoms with Crippen molar-refractivity contribution in [3.05, 3.63) is 58.6 Å². The second-order valence-electron chi connectivity index (χ2n) is 4.46. The van der Waals surface area contributed by atoms with Gasteiger partial charge in [0.1, 0.15) is 11.5 Å². The van der Waals surface area contributed by atoms with Crippen molar-refractivity contribution >= 4 is 17.6 Å². The van der Waals surface area contributed by atoms with Crippen molar-refractivity contribution in [1.82, 2.24) is 0 Å². The first-order valence-corrected chi connectivity index (χ1v) is 6.59. The summed E-state index contributed by atoms with van der Waals surface area (Å²) in [5.41, 5.74) is 2.23. The van der Waals surface area contributed by atoms with E-state index in [1.807, 2.05) is 26.0 Å². The predicted octanol–water partition coefficient (Wildman–Crippen LogP) is 3.94. The van der Waals surface area contributed by atoms with Crippen LogP contribution in [0.1, 0.15) is 11.1 Å². The van der Waals surface area contributed by atoms with Gasteiger partial charge in [0.25, 0.3) is 0 Å². The van der Waals surface area contributed by atoms with Gasteiger partial charge >= 0.3 is 5.97 Å². The zero-order valence-corrected chi connectivity index (χ0v) is 12.1. The van der Waals surface area contributed by atoms with Crippen LogP contribution in [-0.4, -0.2) is 12.6 Å². The summed E-state index contributed by atoms with van der Waals surface area (Å²) in [6.07, 6.45) is 0. The van der Waals surface area contributed by atoms with Crippen molar-refractivity contribution in [2.24, 2.45) is 0 Å². The molecule has 0 heterocycles. The van der Waals surface area contributed by atoms with E-state index >= 15 is 0 Å². The molecule has 0 aliphatic carbocycles. The molecule has 4 heteroatoms. The Morgan fingerprint density at radius 3 is 2.30 bits per heavy atom. The topological polar surface area (TPSA) is 35.5 Å². The Balaban J connectivity index is 1.89. The summed E-state index contributed by atoms with van der Waals surface area (Å²) in [7, 11) is 0. The van der Waals surface area contributed by atoms with Gasteiger partial charge < -0.3 is 9.47 Å². The molecule has 0 unspecified atom stereocenters. The smallest absolute Gasteiger partial charge is 0.349 e. The van der Waals surface area contributed by atoms with Crippen LogP contribution in [0.25, 0.3) is 0 Å². The molecular weight excluding hydrogens is 276 g/mol. The number of rotatable bonds is 4. The number of esters is 1. The first-order chi connectivity index (χ1) is 9.54. The molecule has 0 aliphatic heterocycles. The minimum Gasteiger partial charge on any atom is -0.482 e. The number of ether oxygens (including phenoxy) is 2. The SMILES string of the molecule is Cc1ccc(OC(=O)COc2ccc(Cl)cc2)cc1C. The molecule has 0 radical (unpaired) electrons. The summed E-state index contributed by atoms with van der Waals surface area (Å²) in [5.74, 6) is 0.660. The molecule has 2 rings (SSSR count). The molecule has 0 N–H and O–H groups in total. The van der Waals surface area contributed by atoms with Gasteiger partial charge in [-0.25, -0.2) is 4.79 Å². The lowest BCUT2D eigenvalue weighted by atomic mass is 10.1. The van der Waals surface area contributed by atoms with E-state index in [4.69, 9.17) is 21.1 Å². The molecular formula is C16H15ClO3. The molecule has 0 atom stereocenters. The van der Waals surface area contributed by atoms with Crippen LogP contribution in [0.4, 0.5) is 0 Å². The molecule has 20 heavy (non-hydrogen) atoms. The Kier molecular flexibility index (Phi) is 4.64. The largest absolute Gasteiger partial charge is 0.482 e. The molecule has 0 aromatic heterocycles. The number of hydrogen-bond donors (Lipinski definition) is 0. The first-order valence-electron chi connectivity index (χ1n) is 6.21. The Hall–Kier alpha value is -2.00. The van der Waals surface area contributed by atoms with Crippen LogP contribution >= 0.6 is 11.6 Å². The highest BCUT2D eigenvalue weighted by Crippen LogP contribution is 2.17. The van der Waals surface area contributed by atoms with Gasteiger partial charge in [0.2, 0.25) is 0 Å². The van der Waals surface area contributed by atoms with Gasteiger partial charge in [-0.2, -0.15) is 0 Å². The number of hydrogen-bond acceptors (Lipinski definition) is 3. The van der Waals surface area contributed by atoms with E-state index in [1.54, 1.807) is 30.3 Å². The van der Waals surface area contributed by atoms with Crippen LogP contribution in [0.15, 0.2) is 42.5 Å². The number of carbonyl (C=O) groups is 1. The average Bonchev–Trinajstić information content (AvgIpc) is 2.42. The van der Waals surface area contributed by atoms with Crippen LogP contribution < -0.4 is 9.47 Å². The van der Waals surface area contributed by atoms with E-state index in [9.17, 15) is 4.79 Å². The van der Waals surface area contributed by atoms with Gasteiger partial charge in [-0.1, -0.05) is 17.7 Å². The number of benzene rings is 2. The maximum Gasteiger partial charge on any atom is 0.349 e. The summed E-state index contributed by atoms with van der Waals surface area (Å²) < 4.78 is 10.5. The lowest BCUT2D eigenvalue weighted by molar-refractivity contribution is -0.136. The van der Waals surface area contributed by atoms with Gasteiger partial charge in [0.15, 0.2) is 6.61 Å². The molecule has 0 saturated carbocycles. The van der Waals surface area contributed by atoms with Crippen molar-refractivity contribution in [1.29, 1.82) is 0 Å². The maximum absolute atomic E-state index is 11.7. The lowest BCUT2D eigenvalue weighted by Gasteiger charge is -2.08. The molecule has 0 fully saturated rings. The van der Waals surface area contributed by atoms with Crippen molar-refractivity contribution in [2.75, 3.05) is 6.61 Å². The molecule has 0 spiro atoms. The third-order valence-electron chi connectivity index (χ3n) is 2.88. The Morgan fingerprint density at radius 2 is 1.65 bits per heavy atom. The zero-order chi connectivity index (χ0) is 14.5. The van der Waals surface area contributed by atoms with Crippen LogP contribution in [0.3, 0.4) is 0 Å². The van der Waals surface area contributed by atoms with E-state index in [0.29, 0.717) is 16.5 Å². The van der Waals surface area contributed by atoms with Gasteiger partial charge in [0, 0.05) is 5.02 Å². The first kappa shape index (κ1) is 14.4. The highest BCUT2D eigenvalue weighted by Gasteiger charge is 2.07. The fourth-order valence-corrected chi connectivity index (χ4v) is 1.74. The van der Waals surface area contributed by atoms with Crippen LogP contribution in [0, 0.1) is 13.8 Å². The van der Waals surface area contributed by atoms with E-state index < -0.39 is 5.97 Å². The highest BCUT2D eigenvalue weighted by molar-refractivity contribution is 6.30. The maximum atomic E-state index is 11.7. The predicted molar refractivity (Wildman–Crippen MR) is 78.5 cm³/mol. The van der Waals surface area contributed by atoms with Crippen molar-refractivity contribution in [3.63, 3.8) is 0 Å². The number of aryl methyl sites for hydroxylation is 2. The van der Waals surface area contributed by atoms with E-state index in [-0.39, 0.29) is 6.61 Å². The zero-order valence-electron chi connectivity index (χ0n) is 11.4. The lowest BCUT2D eigenvalue weighted by Crippen LogP contribution is -2.17. The van der Waals surface area contributed by atoms with Crippen molar-refractivity contribution in [3.8, 4) is 11.5 Å². The van der Waals surface area contributed by atoms with Gasteiger partial charge in [-0.15, -0.1) is 0 Å². The second kappa shape index (κ2) is 6.44. The molecule has 104 valence electrons. The minimum absolute atomic E-state index is 0.144. The average molecular weight is 291 g/mol. The summed E-state index contributed by atoms with van der Waals surface area (Å²) in [5, 5.41) is 0.620. The van der Waals surface area contributed by atoms with Crippen LogP contribution in [0.2, 0.25) is 5.02 Å². The second-order valence-corrected chi connectivity index (χ2v) is 4.90. The van der Waals surface area contributed by atoms with E-state index in [1.165, 1.54) is 0 Å². The summed E-state index contributed by atoms with van der Waals surface area (Å²) in [6, 6.07) is 12.3. The molecule has 0 bridgehead atoms. The Labute approximate surface area is 123 Å².